The van der Waals surface area contributed by atoms with Crippen LogP contribution in [0.25, 0.3) is 0 Å². The van der Waals surface area contributed by atoms with Crippen molar-refractivity contribution in [3.8, 4) is 0 Å². The molecule has 0 radical (unpaired) electrons. The van der Waals surface area contributed by atoms with Crippen molar-refractivity contribution in [2.24, 2.45) is 0 Å². The van der Waals surface area contributed by atoms with E-state index >= 15 is 0 Å². The molecule has 23 heavy (non-hydrogen) atoms. The highest BCUT2D eigenvalue weighted by atomic mass is 19.1. The molecule has 7 heteroatoms. The predicted molar refractivity (Wildman–Crippen MR) is 76.6 cm³/mol. The molecule has 122 valence electrons. The van der Waals surface area contributed by atoms with Gasteiger partial charge < -0.3 is 10.6 Å². The van der Waals surface area contributed by atoms with E-state index in [1.807, 2.05) is 0 Å². The number of nitrogens with two attached hydrogens (primary N) is 1. The van der Waals surface area contributed by atoms with Crippen LogP contribution in [0.3, 0.4) is 0 Å². The van der Waals surface area contributed by atoms with E-state index in [1.165, 1.54) is 11.4 Å². The SMILES string of the molecule is C[C@H]([NH2+]CC(=O)Nc1cc(F)ccc1F)c1ccc(F)cc1F. The van der Waals surface area contributed by atoms with E-state index in [0.29, 0.717) is 0 Å². The van der Waals surface area contributed by atoms with Gasteiger partial charge in [-0.25, -0.2) is 17.6 Å². The molecule has 0 saturated heterocycles. The first-order chi connectivity index (χ1) is 10.9. The Morgan fingerprint density at radius 2 is 1.70 bits per heavy atom. The Kier molecular flexibility index (Phi) is 5.33. The molecule has 0 heterocycles. The van der Waals surface area contributed by atoms with Crippen LogP contribution in [0.15, 0.2) is 36.4 Å². The van der Waals surface area contributed by atoms with Gasteiger partial charge in [0.25, 0.3) is 5.91 Å². The number of rotatable bonds is 5. The molecule has 2 rings (SSSR count). The van der Waals surface area contributed by atoms with E-state index in [-0.39, 0.29) is 17.8 Å². The highest BCUT2D eigenvalue weighted by molar-refractivity contribution is 5.91. The van der Waals surface area contributed by atoms with E-state index < -0.39 is 35.2 Å². The van der Waals surface area contributed by atoms with Gasteiger partial charge in [-0.2, -0.15) is 0 Å². The zero-order valence-corrected chi connectivity index (χ0v) is 12.2. The Morgan fingerprint density at radius 3 is 2.39 bits per heavy atom. The fraction of sp³-hybridized carbons (Fsp3) is 0.188. The number of anilines is 1. The Bertz CT molecular complexity index is 721. The molecule has 0 aromatic heterocycles. The molecule has 1 amide bonds. The second-order valence-electron chi connectivity index (χ2n) is 5.07. The third kappa shape index (κ3) is 4.53. The van der Waals surface area contributed by atoms with Crippen LogP contribution in [0.4, 0.5) is 23.2 Å². The zero-order chi connectivity index (χ0) is 17.0. The number of benzene rings is 2. The van der Waals surface area contributed by atoms with Crippen molar-refractivity contribution in [1.29, 1.82) is 0 Å². The number of nitrogens with one attached hydrogen (secondary N) is 1. The fourth-order valence-electron chi connectivity index (χ4n) is 2.08. The smallest absolute Gasteiger partial charge is 0.279 e. The predicted octanol–water partition coefficient (Wildman–Crippen LogP) is 2.51. The minimum Gasteiger partial charge on any atom is -0.332 e. The van der Waals surface area contributed by atoms with Crippen molar-refractivity contribution in [3.63, 3.8) is 0 Å². The molecule has 0 bridgehead atoms. The average molecular weight is 327 g/mol. The summed E-state index contributed by atoms with van der Waals surface area (Å²) >= 11 is 0. The largest absolute Gasteiger partial charge is 0.332 e. The lowest BCUT2D eigenvalue weighted by atomic mass is 10.1. The van der Waals surface area contributed by atoms with Crippen LogP contribution < -0.4 is 10.6 Å². The number of hydrogen-bond acceptors (Lipinski definition) is 1. The molecular formula is C16H15F4N2O+. The molecule has 3 N–H and O–H groups in total. The summed E-state index contributed by atoms with van der Waals surface area (Å²) in [6, 6.07) is 5.47. The Labute approximate surface area is 130 Å². The van der Waals surface area contributed by atoms with Gasteiger partial charge in [-0.3, -0.25) is 4.79 Å². The van der Waals surface area contributed by atoms with Gasteiger partial charge >= 0.3 is 0 Å². The second-order valence-corrected chi connectivity index (χ2v) is 5.07. The number of halogens is 4. The Balaban J connectivity index is 1.94. The first kappa shape index (κ1) is 17.0. The molecule has 0 aliphatic rings. The molecule has 0 fully saturated rings. The molecule has 3 nitrogen and oxygen atoms in total. The van der Waals surface area contributed by atoms with E-state index in [0.717, 1.165) is 30.3 Å². The molecule has 0 aliphatic heterocycles. The monoisotopic (exact) mass is 327 g/mol. The lowest BCUT2D eigenvalue weighted by Crippen LogP contribution is -2.86. The van der Waals surface area contributed by atoms with Crippen LogP contribution in [-0.4, -0.2) is 12.5 Å². The molecule has 0 spiro atoms. The number of quaternary nitrogens is 1. The Hall–Kier alpha value is -2.41. The summed E-state index contributed by atoms with van der Waals surface area (Å²) in [4.78, 5) is 11.8. The van der Waals surface area contributed by atoms with Gasteiger partial charge in [0.15, 0.2) is 6.54 Å². The van der Waals surface area contributed by atoms with Crippen molar-refractivity contribution in [3.05, 3.63) is 65.2 Å². The average Bonchev–Trinajstić information content (AvgIpc) is 2.48. The summed E-state index contributed by atoms with van der Waals surface area (Å²) in [7, 11) is 0. The van der Waals surface area contributed by atoms with Crippen LogP contribution in [0, 0.1) is 23.3 Å². The minimum atomic E-state index is -0.752. The summed E-state index contributed by atoms with van der Waals surface area (Å²) < 4.78 is 52.9. The standard InChI is InChI=1S/C16H14F4N2O/c1-9(12-4-2-10(17)6-14(12)20)21-8-16(23)22-15-7-11(18)3-5-13(15)19/h2-7,9,21H,8H2,1H3,(H,22,23)/p+1/t9-/m0/s1. The minimum absolute atomic E-state index is 0.131. The highest BCUT2D eigenvalue weighted by Gasteiger charge is 2.17. The van der Waals surface area contributed by atoms with Crippen molar-refractivity contribution in [2.75, 3.05) is 11.9 Å². The summed E-state index contributed by atoms with van der Waals surface area (Å²) in [6.07, 6.45) is 0. The van der Waals surface area contributed by atoms with Crippen molar-refractivity contribution in [1.82, 2.24) is 0 Å². The topological polar surface area (TPSA) is 45.7 Å². The lowest BCUT2D eigenvalue weighted by molar-refractivity contribution is -0.682. The second kappa shape index (κ2) is 7.23. The van der Waals surface area contributed by atoms with E-state index in [4.69, 9.17) is 0 Å². The van der Waals surface area contributed by atoms with E-state index in [2.05, 4.69) is 5.32 Å². The van der Waals surface area contributed by atoms with Crippen LogP contribution in [0.1, 0.15) is 18.5 Å². The number of carbonyl (C=O) groups is 1. The molecule has 1 atom stereocenters. The molecule has 0 aliphatic carbocycles. The van der Waals surface area contributed by atoms with Crippen LogP contribution in [0.2, 0.25) is 0 Å². The van der Waals surface area contributed by atoms with Gasteiger partial charge in [0.2, 0.25) is 0 Å². The quantitative estimate of drug-likeness (QED) is 0.815. The van der Waals surface area contributed by atoms with Crippen molar-refractivity contribution < 1.29 is 27.7 Å². The van der Waals surface area contributed by atoms with E-state index in [1.54, 1.807) is 6.92 Å². The third-order valence-corrected chi connectivity index (χ3v) is 3.31. The van der Waals surface area contributed by atoms with Gasteiger partial charge in [-0.15, -0.1) is 0 Å². The summed E-state index contributed by atoms with van der Waals surface area (Å²) in [5.41, 5.74) is -0.0137. The highest BCUT2D eigenvalue weighted by Crippen LogP contribution is 2.16. The molecule has 2 aromatic carbocycles. The summed E-state index contributed by atoms with van der Waals surface area (Å²) in [6.45, 7) is 1.51. The molecule has 2 aromatic rings. The maximum absolute atomic E-state index is 13.6. The van der Waals surface area contributed by atoms with Gasteiger partial charge in [0.05, 0.1) is 5.69 Å². The van der Waals surface area contributed by atoms with Gasteiger partial charge in [-0.05, 0) is 31.2 Å². The van der Waals surface area contributed by atoms with Crippen molar-refractivity contribution in [2.45, 2.75) is 13.0 Å². The number of amides is 1. The normalized spacial score (nSPS) is 12.0. The summed E-state index contributed by atoms with van der Waals surface area (Å²) in [5.74, 6) is -3.38. The maximum atomic E-state index is 13.6. The van der Waals surface area contributed by atoms with Gasteiger partial charge in [0, 0.05) is 17.7 Å². The third-order valence-electron chi connectivity index (χ3n) is 3.31. The first-order valence-corrected chi connectivity index (χ1v) is 6.90. The lowest BCUT2D eigenvalue weighted by Gasteiger charge is -2.12. The maximum Gasteiger partial charge on any atom is 0.279 e. The van der Waals surface area contributed by atoms with Crippen LogP contribution in [-0.2, 0) is 4.79 Å². The van der Waals surface area contributed by atoms with Gasteiger partial charge in [-0.1, -0.05) is 0 Å². The van der Waals surface area contributed by atoms with Gasteiger partial charge in [0.1, 0.15) is 29.3 Å². The molecular weight excluding hydrogens is 312 g/mol. The Morgan fingerprint density at radius 1 is 1.04 bits per heavy atom. The number of hydrogen-bond donors (Lipinski definition) is 2. The number of carbonyl (C=O) groups excluding carboxylic acids is 1. The van der Waals surface area contributed by atoms with Crippen LogP contribution in [0.5, 0.6) is 0 Å². The van der Waals surface area contributed by atoms with E-state index in [9.17, 15) is 22.4 Å². The molecule has 0 unspecified atom stereocenters. The summed E-state index contributed by atoms with van der Waals surface area (Å²) in [5, 5.41) is 3.75. The fourth-order valence-corrected chi connectivity index (χ4v) is 2.08. The zero-order valence-electron chi connectivity index (χ0n) is 12.2. The van der Waals surface area contributed by atoms with Crippen molar-refractivity contribution >= 4 is 11.6 Å². The van der Waals surface area contributed by atoms with Crippen LogP contribution >= 0.6 is 0 Å². The first-order valence-electron chi connectivity index (χ1n) is 6.90. The molecule has 0 saturated carbocycles.